The van der Waals surface area contributed by atoms with E-state index in [1.165, 1.54) is 7.11 Å². The minimum Gasteiger partial charge on any atom is -1.00 e. The normalized spacial score (nSPS) is 18.4. The van der Waals surface area contributed by atoms with E-state index < -0.39 is 17.2 Å². The fourth-order valence-electron chi connectivity index (χ4n) is 4.26. The Morgan fingerprint density at radius 3 is 1.34 bits per heavy atom. The number of esters is 3. The van der Waals surface area contributed by atoms with E-state index in [9.17, 15) is 19.2 Å². The molecule has 2 aliphatic rings. The van der Waals surface area contributed by atoms with Crippen LogP contribution in [0.15, 0.2) is 48.5 Å². The van der Waals surface area contributed by atoms with Crippen molar-refractivity contribution in [2.45, 2.75) is 77.4 Å². The molecule has 2 aromatic rings. The summed E-state index contributed by atoms with van der Waals surface area (Å²) in [6.45, 7) is 11.0. The zero-order valence-corrected chi connectivity index (χ0v) is 37.2. The van der Waals surface area contributed by atoms with Crippen LogP contribution >= 0.6 is 22.6 Å². The number of carboxylic acid groups (broad SMARTS) is 1. The molecule has 0 aliphatic heterocycles. The number of alkyl halides is 1. The van der Waals surface area contributed by atoms with Gasteiger partial charge in [0.2, 0.25) is 0 Å². The van der Waals surface area contributed by atoms with E-state index in [2.05, 4.69) is 32.2 Å². The van der Waals surface area contributed by atoms with Crippen LogP contribution in [0.2, 0.25) is 0 Å². The molecule has 0 amide bonds. The van der Waals surface area contributed by atoms with Gasteiger partial charge in [0.05, 0.1) is 30.1 Å². The van der Waals surface area contributed by atoms with Crippen molar-refractivity contribution in [2.75, 3.05) is 12.0 Å². The molecule has 14 heteroatoms. The van der Waals surface area contributed by atoms with Crippen molar-refractivity contribution < 1.29 is 158 Å². The maximum absolute atomic E-state index is 11.9. The maximum Gasteiger partial charge on any atom is 1.00 e. The van der Waals surface area contributed by atoms with E-state index in [0.717, 1.165) is 24.0 Å². The summed E-state index contributed by atoms with van der Waals surface area (Å²) in [5.41, 5.74) is 1.94. The molecule has 0 spiro atoms. The molecule has 0 bridgehead atoms. The van der Waals surface area contributed by atoms with Crippen molar-refractivity contribution in [3.8, 4) is 0 Å². The number of hydrogen-bond acceptors (Lipinski definition) is 10. The summed E-state index contributed by atoms with van der Waals surface area (Å²) in [6, 6.07) is 13.9. The Morgan fingerprint density at radius 1 is 0.766 bits per heavy atom. The summed E-state index contributed by atoms with van der Waals surface area (Å²) >= 11 is 2.15. The predicted octanol–water partition coefficient (Wildman–Crippen LogP) is -0.645. The zero-order chi connectivity index (χ0) is 34.5. The van der Waals surface area contributed by atoms with Gasteiger partial charge in [-0.2, -0.15) is 0 Å². The molecule has 4 unspecified atom stereocenters. The van der Waals surface area contributed by atoms with Crippen LogP contribution in [0.4, 0.5) is 0 Å². The van der Waals surface area contributed by atoms with Crippen LogP contribution in [0.1, 0.15) is 99.5 Å². The zero-order valence-electron chi connectivity index (χ0n) is 29.8. The van der Waals surface area contributed by atoms with Gasteiger partial charge in [-0.3, -0.25) is 14.4 Å². The average Bonchev–Trinajstić information content (AvgIpc) is 3.91. The van der Waals surface area contributed by atoms with E-state index in [1.807, 2.05) is 58.6 Å². The maximum atomic E-state index is 11.9. The fraction of sp³-hybridized carbons (Fsp3) is 0.485. The molecule has 1 N–H and O–H groups in total. The first-order valence-corrected chi connectivity index (χ1v) is 16.2. The van der Waals surface area contributed by atoms with Crippen LogP contribution < -0.4 is 108 Å². The smallest absolute Gasteiger partial charge is 1.00 e. The van der Waals surface area contributed by atoms with Crippen LogP contribution in [0, 0.1) is 11.8 Å². The summed E-state index contributed by atoms with van der Waals surface area (Å²) in [6.07, 6.45) is 1.59. The molecule has 250 valence electrons. The van der Waals surface area contributed by atoms with Crippen LogP contribution in [0.5, 0.6) is 0 Å². The Kier molecular flexibility index (Phi) is 24.2. The van der Waals surface area contributed by atoms with E-state index in [0.29, 0.717) is 5.56 Å². The van der Waals surface area contributed by atoms with Crippen LogP contribution in [0.25, 0.3) is 0 Å². The first kappa shape index (κ1) is 48.9. The van der Waals surface area contributed by atoms with Crippen LogP contribution in [-0.2, 0) is 33.5 Å². The molecular weight excluding hydrogens is 777 g/mol. The molecule has 2 aliphatic carbocycles. The topological polar surface area (TPSA) is 166 Å². The average molecular weight is 821 g/mol. The molecule has 4 rings (SSSR count). The number of ether oxygens (including phenoxy) is 3. The Morgan fingerprint density at radius 2 is 1.09 bits per heavy atom. The van der Waals surface area contributed by atoms with Gasteiger partial charge < -0.3 is 30.9 Å². The number of carbonyl (C=O) groups excluding carboxylic acids is 4. The van der Waals surface area contributed by atoms with Gasteiger partial charge in [-0.15, -0.1) is 0 Å². The molecule has 0 saturated heterocycles. The number of hydrogen-bond donors (Lipinski definition) is 1. The third-order valence-corrected chi connectivity index (χ3v) is 6.38. The van der Waals surface area contributed by atoms with Crippen molar-refractivity contribution in [3.63, 3.8) is 0 Å². The SMILES string of the molecule is CC(C)(C)OC(=O)C1CC1c1ccc(C(=O)O)cc1.CI.COC(=O)c1ccc(C2CC2C(=O)OC(C)(C)C)cc1.O=CO[O-].[H-].[K+].[K+]. The number of methoxy groups -OCH3 is 1. The van der Waals surface area contributed by atoms with Gasteiger partial charge in [0, 0.05) is 0 Å². The summed E-state index contributed by atoms with van der Waals surface area (Å²) in [5.74, 6) is -1.37. The molecule has 2 fully saturated rings. The number of carbonyl (C=O) groups is 5. The Hall–Kier alpha value is -0.247. The first-order valence-electron chi connectivity index (χ1n) is 14.1. The number of rotatable bonds is 7. The number of aromatic carboxylic acids is 1. The molecule has 0 aromatic heterocycles. The second kappa shape index (κ2) is 23.3. The number of benzene rings is 2. The summed E-state index contributed by atoms with van der Waals surface area (Å²) in [5, 5.41) is 17.3. The number of halogens is 1. The van der Waals surface area contributed by atoms with Crippen LogP contribution in [0.3, 0.4) is 0 Å². The molecular formula is C33H43IK2O11. The van der Waals surface area contributed by atoms with E-state index in [1.54, 1.807) is 36.4 Å². The van der Waals surface area contributed by atoms with Gasteiger partial charge in [-0.25, -0.2) is 9.59 Å². The van der Waals surface area contributed by atoms with Gasteiger partial charge in [0.1, 0.15) is 11.2 Å². The minimum absolute atomic E-state index is 0. The molecule has 0 heterocycles. The summed E-state index contributed by atoms with van der Waals surface area (Å²) < 4.78 is 15.4. The minimum atomic E-state index is -0.939. The van der Waals surface area contributed by atoms with Gasteiger partial charge in [0.15, 0.2) is 0 Å². The number of carboxylic acids is 1. The van der Waals surface area contributed by atoms with Gasteiger partial charge in [-0.1, -0.05) is 46.9 Å². The molecule has 11 nitrogen and oxygen atoms in total. The van der Waals surface area contributed by atoms with E-state index >= 15 is 0 Å². The first-order chi connectivity index (χ1) is 21.0. The molecule has 2 saturated carbocycles. The standard InChI is InChI=1S/C16H20O4.C15H18O4.CH3I.CH2O3.2K.H/c1-16(2,3)20-15(18)13-9-12(13)10-5-7-11(8-6-10)14(17)19-4;1-15(2,3)19-14(18)12-8-11(12)9-4-6-10(7-5-9)13(16)17;1-2;2-1-4-3;;;/h5-8,12-13H,9H2,1-4H3;4-7,11-12H,8H2,1-3H3,(H,16,17);1H3;1,3H;;;/q;;;;2*+1;-1/p-1. The van der Waals surface area contributed by atoms with Crippen molar-refractivity contribution in [2.24, 2.45) is 11.8 Å². The van der Waals surface area contributed by atoms with Crippen molar-refractivity contribution in [3.05, 3.63) is 70.8 Å². The second-order valence-corrected chi connectivity index (χ2v) is 12.2. The Bertz CT molecular complexity index is 1290. The van der Waals surface area contributed by atoms with Gasteiger partial charge in [0.25, 0.3) is 6.47 Å². The van der Waals surface area contributed by atoms with Gasteiger partial charge in [-0.05, 0) is 107 Å². The monoisotopic (exact) mass is 820 g/mol. The van der Waals surface area contributed by atoms with E-state index in [-0.39, 0.29) is 158 Å². The molecule has 4 atom stereocenters. The van der Waals surface area contributed by atoms with Crippen LogP contribution in [-0.4, -0.2) is 58.7 Å². The fourth-order valence-corrected chi connectivity index (χ4v) is 4.26. The molecule has 47 heavy (non-hydrogen) atoms. The Balaban J connectivity index is -0.000000688. The van der Waals surface area contributed by atoms with Crippen molar-refractivity contribution >= 4 is 52.9 Å². The van der Waals surface area contributed by atoms with Crippen molar-refractivity contribution in [1.29, 1.82) is 0 Å². The summed E-state index contributed by atoms with van der Waals surface area (Å²) in [7, 11) is 1.36. The van der Waals surface area contributed by atoms with Crippen molar-refractivity contribution in [1.82, 2.24) is 0 Å². The predicted molar refractivity (Wildman–Crippen MR) is 173 cm³/mol. The van der Waals surface area contributed by atoms with Gasteiger partial charge >= 0.3 is 127 Å². The quantitative estimate of drug-likeness (QED) is 0.0552. The largest absolute Gasteiger partial charge is 1.00 e. The summed E-state index contributed by atoms with van der Waals surface area (Å²) in [4.78, 5) is 59.1. The Labute approximate surface area is 377 Å². The van der Waals surface area contributed by atoms with E-state index in [4.69, 9.17) is 24.6 Å². The molecule has 2 aromatic carbocycles. The third-order valence-electron chi connectivity index (χ3n) is 6.38. The molecule has 0 radical (unpaired) electrons. The second-order valence-electron chi connectivity index (χ2n) is 12.2. The third kappa shape index (κ3) is 18.5.